The molecule has 1 saturated heterocycles. The highest BCUT2D eigenvalue weighted by Gasteiger charge is 2.13. The van der Waals surface area contributed by atoms with Crippen molar-refractivity contribution in [2.45, 2.75) is 20.8 Å². The van der Waals surface area contributed by atoms with Crippen LogP contribution in [0.5, 0.6) is 0 Å². The lowest BCUT2D eigenvalue weighted by Gasteiger charge is -2.34. The van der Waals surface area contributed by atoms with Crippen LogP contribution in [0, 0.1) is 0 Å². The van der Waals surface area contributed by atoms with E-state index in [1.807, 2.05) is 32.9 Å². The van der Waals surface area contributed by atoms with E-state index >= 15 is 0 Å². The first kappa shape index (κ1) is 15.0. The van der Waals surface area contributed by atoms with E-state index in [4.69, 9.17) is 0 Å². The van der Waals surface area contributed by atoms with Crippen molar-refractivity contribution in [3.05, 3.63) is 36.6 Å². The molecule has 0 aromatic rings. The third kappa shape index (κ3) is 5.17. The molecule has 1 heterocycles. The van der Waals surface area contributed by atoms with Crippen molar-refractivity contribution in [1.82, 2.24) is 9.80 Å². The fourth-order valence-corrected chi connectivity index (χ4v) is 1.56. The van der Waals surface area contributed by atoms with Gasteiger partial charge in [0.15, 0.2) is 0 Å². The third-order valence-corrected chi connectivity index (χ3v) is 2.54. The summed E-state index contributed by atoms with van der Waals surface area (Å²) in [7, 11) is 2.17. The smallest absolute Gasteiger partial charge is 0.0361 e. The maximum atomic E-state index is 3.85. The largest absolute Gasteiger partial charge is 0.369 e. The molecule has 0 spiro atoms. The van der Waals surface area contributed by atoms with Crippen molar-refractivity contribution in [3.63, 3.8) is 0 Å². The van der Waals surface area contributed by atoms with Crippen LogP contribution in [0.15, 0.2) is 36.6 Å². The van der Waals surface area contributed by atoms with Gasteiger partial charge in [-0.1, -0.05) is 32.6 Å². The lowest BCUT2D eigenvalue weighted by atomic mass is 10.2. The predicted octanol–water partition coefficient (Wildman–Crippen LogP) is 2.91. The van der Waals surface area contributed by atoms with Crippen molar-refractivity contribution < 1.29 is 0 Å². The van der Waals surface area contributed by atoms with Crippen molar-refractivity contribution in [2.75, 3.05) is 33.2 Å². The number of hydrogen-bond donors (Lipinski definition) is 0. The number of piperazine rings is 1. The zero-order valence-electron chi connectivity index (χ0n) is 11.2. The van der Waals surface area contributed by atoms with Gasteiger partial charge in [0.05, 0.1) is 0 Å². The fourth-order valence-electron chi connectivity index (χ4n) is 1.56. The molecule has 0 saturated carbocycles. The summed E-state index contributed by atoms with van der Waals surface area (Å²) in [5.41, 5.74) is 1.23. The van der Waals surface area contributed by atoms with E-state index in [1.165, 1.54) is 5.70 Å². The minimum Gasteiger partial charge on any atom is -0.369 e. The minimum absolute atomic E-state index is 1.10. The van der Waals surface area contributed by atoms with Gasteiger partial charge < -0.3 is 9.80 Å². The zero-order valence-corrected chi connectivity index (χ0v) is 11.2. The van der Waals surface area contributed by atoms with Crippen molar-refractivity contribution in [3.8, 4) is 0 Å². The van der Waals surface area contributed by atoms with Gasteiger partial charge in [-0.25, -0.2) is 0 Å². The molecule has 2 heteroatoms. The quantitative estimate of drug-likeness (QED) is 0.677. The summed E-state index contributed by atoms with van der Waals surface area (Å²) in [4.78, 5) is 4.74. The van der Waals surface area contributed by atoms with E-state index in [0.717, 1.165) is 26.2 Å². The summed E-state index contributed by atoms with van der Waals surface area (Å²) < 4.78 is 0. The Labute approximate surface area is 101 Å². The van der Waals surface area contributed by atoms with Crippen LogP contribution in [0.4, 0.5) is 0 Å². The molecule has 92 valence electrons. The molecule has 0 aliphatic carbocycles. The Morgan fingerprint density at radius 3 is 2.12 bits per heavy atom. The highest BCUT2D eigenvalue weighted by Crippen LogP contribution is 2.09. The van der Waals surface area contributed by atoms with Gasteiger partial charge in [0.2, 0.25) is 0 Å². The second-order valence-corrected chi connectivity index (χ2v) is 3.61. The van der Waals surface area contributed by atoms with E-state index in [-0.39, 0.29) is 0 Å². The number of allylic oxidation sites excluding steroid dienone is 4. The molecule has 0 unspecified atom stereocenters. The topological polar surface area (TPSA) is 6.48 Å². The lowest BCUT2D eigenvalue weighted by Crippen LogP contribution is -2.43. The second kappa shape index (κ2) is 9.22. The Hall–Kier alpha value is -1.02. The summed E-state index contributed by atoms with van der Waals surface area (Å²) >= 11 is 0. The molecule has 0 amide bonds. The molecule has 0 bridgehead atoms. The van der Waals surface area contributed by atoms with Crippen LogP contribution in [0.1, 0.15) is 20.8 Å². The molecule has 0 atom stereocenters. The van der Waals surface area contributed by atoms with E-state index < -0.39 is 0 Å². The van der Waals surface area contributed by atoms with Crippen molar-refractivity contribution >= 4 is 0 Å². The standard InChI is InChI=1S/C12H20N2.C2H6/c1-4-6-7-12(5-2)14-10-8-13(3)9-11-14;1-2/h4-7H,2,8-11H2,1,3H3;1-2H3/b6-4-,12-7+;. The molecule has 1 aliphatic heterocycles. The number of likely N-dealkylation sites (N-methyl/N-ethyl adjacent to an activating group) is 1. The SMILES string of the molecule is C=C/C(=C\C=C/C)N1CCN(C)CC1.CC. The lowest BCUT2D eigenvalue weighted by molar-refractivity contribution is 0.190. The summed E-state index contributed by atoms with van der Waals surface area (Å²) in [6, 6.07) is 0. The summed E-state index contributed by atoms with van der Waals surface area (Å²) in [6.45, 7) is 14.4. The highest BCUT2D eigenvalue weighted by atomic mass is 15.2. The van der Waals surface area contributed by atoms with Gasteiger partial charge in [0.1, 0.15) is 0 Å². The molecule has 16 heavy (non-hydrogen) atoms. The first-order valence-electron chi connectivity index (χ1n) is 6.17. The van der Waals surface area contributed by atoms with Crippen LogP contribution >= 0.6 is 0 Å². The van der Waals surface area contributed by atoms with Crippen molar-refractivity contribution in [2.24, 2.45) is 0 Å². The molecule has 2 nitrogen and oxygen atoms in total. The van der Waals surface area contributed by atoms with Crippen LogP contribution in [0.2, 0.25) is 0 Å². The van der Waals surface area contributed by atoms with Crippen LogP contribution in [0.3, 0.4) is 0 Å². The molecular formula is C14H26N2. The predicted molar refractivity (Wildman–Crippen MR) is 73.5 cm³/mol. The monoisotopic (exact) mass is 222 g/mol. The van der Waals surface area contributed by atoms with Crippen LogP contribution in [-0.2, 0) is 0 Å². The Kier molecular flexibility index (Phi) is 8.64. The number of rotatable bonds is 3. The fraction of sp³-hybridized carbons (Fsp3) is 0.571. The summed E-state index contributed by atoms with van der Waals surface area (Å²) in [5, 5.41) is 0. The Morgan fingerprint density at radius 1 is 1.12 bits per heavy atom. The molecule has 1 aliphatic rings. The zero-order chi connectivity index (χ0) is 12.4. The first-order valence-corrected chi connectivity index (χ1v) is 6.17. The molecule has 0 aromatic heterocycles. The Bertz CT molecular complexity index is 233. The molecule has 0 aromatic carbocycles. The van der Waals surface area contributed by atoms with Gasteiger partial charge >= 0.3 is 0 Å². The van der Waals surface area contributed by atoms with Gasteiger partial charge in [0.25, 0.3) is 0 Å². The molecule has 0 radical (unpaired) electrons. The average molecular weight is 222 g/mol. The highest BCUT2D eigenvalue weighted by molar-refractivity contribution is 5.21. The van der Waals surface area contributed by atoms with Gasteiger partial charge in [-0.2, -0.15) is 0 Å². The average Bonchev–Trinajstić information content (AvgIpc) is 2.35. The van der Waals surface area contributed by atoms with Gasteiger partial charge in [-0.3, -0.25) is 0 Å². The molecule has 1 rings (SSSR count). The second-order valence-electron chi connectivity index (χ2n) is 3.61. The van der Waals surface area contributed by atoms with Gasteiger partial charge in [-0.05, 0) is 26.1 Å². The Morgan fingerprint density at radius 2 is 1.69 bits per heavy atom. The van der Waals surface area contributed by atoms with Crippen LogP contribution < -0.4 is 0 Å². The maximum absolute atomic E-state index is 3.85. The van der Waals surface area contributed by atoms with E-state index in [9.17, 15) is 0 Å². The van der Waals surface area contributed by atoms with Crippen LogP contribution in [0.25, 0.3) is 0 Å². The first-order chi connectivity index (χ1) is 7.77. The van der Waals surface area contributed by atoms with Gasteiger partial charge in [-0.15, -0.1) is 0 Å². The third-order valence-electron chi connectivity index (χ3n) is 2.54. The van der Waals surface area contributed by atoms with Crippen LogP contribution in [-0.4, -0.2) is 43.0 Å². The summed E-state index contributed by atoms with van der Waals surface area (Å²) in [5.74, 6) is 0. The van der Waals surface area contributed by atoms with Crippen molar-refractivity contribution in [1.29, 1.82) is 0 Å². The number of nitrogens with zero attached hydrogens (tertiary/aromatic N) is 2. The molecular weight excluding hydrogens is 196 g/mol. The molecule has 0 N–H and O–H groups in total. The maximum Gasteiger partial charge on any atom is 0.0361 e. The van der Waals surface area contributed by atoms with Gasteiger partial charge in [0, 0.05) is 31.9 Å². The van der Waals surface area contributed by atoms with E-state index in [1.54, 1.807) is 0 Å². The molecule has 1 fully saturated rings. The Balaban J connectivity index is 0.00000106. The van der Waals surface area contributed by atoms with E-state index in [0.29, 0.717) is 0 Å². The minimum atomic E-state index is 1.10. The normalized spacial score (nSPS) is 18.2. The van der Waals surface area contributed by atoms with E-state index in [2.05, 4.69) is 35.6 Å². The summed E-state index contributed by atoms with van der Waals surface area (Å²) in [6.07, 6.45) is 8.17. The number of hydrogen-bond acceptors (Lipinski definition) is 2.